The second kappa shape index (κ2) is 7.54. The van der Waals surface area contributed by atoms with Gasteiger partial charge in [-0.1, -0.05) is 5.16 Å². The summed E-state index contributed by atoms with van der Waals surface area (Å²) in [6.07, 6.45) is 3.53. The molecule has 1 aliphatic carbocycles. The van der Waals surface area contributed by atoms with Crippen molar-refractivity contribution in [2.45, 2.75) is 39.0 Å². The van der Waals surface area contributed by atoms with Crippen molar-refractivity contribution in [1.29, 1.82) is 0 Å². The number of hydrogen-bond donors (Lipinski definition) is 2. The Morgan fingerprint density at radius 3 is 2.97 bits per heavy atom. The first-order chi connectivity index (χ1) is 15.0. The average molecular weight is 418 g/mol. The van der Waals surface area contributed by atoms with Crippen LogP contribution in [0.25, 0.3) is 33.7 Å². The number of H-pyrrole nitrogens is 1. The summed E-state index contributed by atoms with van der Waals surface area (Å²) < 4.78 is 11.0. The fourth-order valence-corrected chi connectivity index (χ4v) is 4.33. The van der Waals surface area contributed by atoms with Gasteiger partial charge in [-0.05, 0) is 56.5 Å². The quantitative estimate of drug-likeness (QED) is 0.474. The van der Waals surface area contributed by atoms with E-state index in [1.807, 2.05) is 38.1 Å². The Morgan fingerprint density at radius 2 is 2.19 bits per heavy atom. The van der Waals surface area contributed by atoms with Gasteiger partial charge in [0.2, 0.25) is 11.7 Å². The molecule has 3 aromatic heterocycles. The molecule has 158 valence electrons. The van der Waals surface area contributed by atoms with Crippen LogP contribution in [-0.2, 0) is 11.2 Å². The molecule has 1 unspecified atom stereocenters. The van der Waals surface area contributed by atoms with Gasteiger partial charge in [0.1, 0.15) is 0 Å². The predicted octanol–water partition coefficient (Wildman–Crippen LogP) is 4.49. The van der Waals surface area contributed by atoms with Crippen LogP contribution in [0.5, 0.6) is 5.88 Å². The van der Waals surface area contributed by atoms with E-state index in [9.17, 15) is 9.90 Å². The molecule has 8 nitrogen and oxygen atoms in total. The lowest BCUT2D eigenvalue weighted by Gasteiger charge is -2.05. The largest absolute Gasteiger partial charge is 0.481 e. The molecule has 2 N–H and O–H groups in total. The summed E-state index contributed by atoms with van der Waals surface area (Å²) in [5.74, 6) is 0.762. The van der Waals surface area contributed by atoms with Crippen LogP contribution in [0.3, 0.4) is 0 Å². The topological polar surface area (TPSA) is 114 Å². The van der Waals surface area contributed by atoms with Crippen molar-refractivity contribution in [1.82, 2.24) is 20.1 Å². The average Bonchev–Trinajstić information content (AvgIpc) is 3.45. The zero-order valence-corrected chi connectivity index (χ0v) is 17.3. The first kappa shape index (κ1) is 19.3. The number of aromatic amines is 1. The lowest BCUT2D eigenvalue weighted by atomic mass is 10.0. The van der Waals surface area contributed by atoms with E-state index < -0.39 is 5.97 Å². The minimum Gasteiger partial charge on any atom is -0.481 e. The Hall–Kier alpha value is -3.68. The molecule has 1 aliphatic rings. The minimum atomic E-state index is -0.768. The molecule has 0 fully saturated rings. The van der Waals surface area contributed by atoms with E-state index >= 15 is 0 Å². The van der Waals surface area contributed by atoms with E-state index in [1.54, 1.807) is 6.20 Å². The minimum absolute atomic E-state index is 0.0375. The number of aromatic nitrogens is 4. The molecule has 1 atom stereocenters. The zero-order chi connectivity index (χ0) is 21.5. The molecule has 4 aromatic rings. The molecule has 0 saturated heterocycles. The van der Waals surface area contributed by atoms with Crippen molar-refractivity contribution in [3.05, 3.63) is 47.3 Å². The summed E-state index contributed by atoms with van der Waals surface area (Å²) in [6.45, 7) is 4.40. The highest BCUT2D eigenvalue weighted by Gasteiger charge is 2.28. The number of aryl methyl sites for hydroxylation is 2. The molecule has 0 radical (unpaired) electrons. The van der Waals surface area contributed by atoms with Crippen LogP contribution in [-0.4, -0.2) is 37.8 Å². The third-order valence-corrected chi connectivity index (χ3v) is 5.75. The van der Waals surface area contributed by atoms with Crippen LogP contribution in [0.1, 0.15) is 42.5 Å². The SMILES string of the molecule is CCOc1ncc(-c2nc(-c3ccc4[nH]c5c(c4c3)CCC5CC(=O)O)no2)cc1C. The molecule has 8 heteroatoms. The number of carboxylic acid groups (broad SMARTS) is 1. The van der Waals surface area contributed by atoms with Crippen LogP contribution in [0.15, 0.2) is 35.0 Å². The number of rotatable bonds is 6. The van der Waals surface area contributed by atoms with Gasteiger partial charge in [-0.3, -0.25) is 4.79 Å². The Labute approximate surface area is 178 Å². The summed E-state index contributed by atoms with van der Waals surface area (Å²) in [6, 6.07) is 7.89. The van der Waals surface area contributed by atoms with E-state index in [-0.39, 0.29) is 12.3 Å². The highest BCUT2D eigenvalue weighted by Crippen LogP contribution is 2.40. The molecule has 3 heterocycles. The van der Waals surface area contributed by atoms with Crippen molar-refractivity contribution in [2.75, 3.05) is 6.61 Å². The highest BCUT2D eigenvalue weighted by atomic mass is 16.5. The van der Waals surface area contributed by atoms with Crippen LogP contribution < -0.4 is 4.74 Å². The summed E-state index contributed by atoms with van der Waals surface area (Å²) >= 11 is 0. The maximum Gasteiger partial charge on any atom is 0.304 e. The zero-order valence-electron chi connectivity index (χ0n) is 17.3. The lowest BCUT2D eigenvalue weighted by Crippen LogP contribution is -2.03. The molecular formula is C23H22N4O4. The van der Waals surface area contributed by atoms with Gasteiger partial charge in [0.05, 0.1) is 18.6 Å². The molecule has 1 aromatic carbocycles. The second-order valence-electron chi connectivity index (χ2n) is 7.81. The fraction of sp³-hybridized carbons (Fsp3) is 0.304. The smallest absolute Gasteiger partial charge is 0.304 e. The molecular weight excluding hydrogens is 396 g/mol. The molecule has 0 spiro atoms. The fourth-order valence-electron chi connectivity index (χ4n) is 4.33. The van der Waals surface area contributed by atoms with Crippen LogP contribution in [0, 0.1) is 6.92 Å². The number of carboxylic acids is 1. The number of fused-ring (bicyclic) bond motifs is 3. The molecule has 0 aliphatic heterocycles. The van der Waals surface area contributed by atoms with Gasteiger partial charge in [-0.2, -0.15) is 4.98 Å². The van der Waals surface area contributed by atoms with Crippen LogP contribution >= 0.6 is 0 Å². The number of hydrogen-bond acceptors (Lipinski definition) is 6. The molecule has 5 rings (SSSR count). The first-order valence-electron chi connectivity index (χ1n) is 10.3. The van der Waals surface area contributed by atoms with E-state index in [0.29, 0.717) is 24.2 Å². The van der Waals surface area contributed by atoms with Crippen molar-refractivity contribution in [3.8, 4) is 28.7 Å². The van der Waals surface area contributed by atoms with Crippen molar-refractivity contribution in [2.24, 2.45) is 0 Å². The number of nitrogens with one attached hydrogen (secondary N) is 1. The first-order valence-corrected chi connectivity index (χ1v) is 10.3. The van der Waals surface area contributed by atoms with Gasteiger partial charge < -0.3 is 19.4 Å². The maximum atomic E-state index is 11.2. The predicted molar refractivity (Wildman–Crippen MR) is 114 cm³/mol. The second-order valence-corrected chi connectivity index (χ2v) is 7.81. The van der Waals surface area contributed by atoms with E-state index in [1.165, 1.54) is 5.56 Å². The number of pyridine rings is 1. The number of carbonyl (C=O) groups is 1. The Balaban J connectivity index is 1.46. The van der Waals surface area contributed by atoms with Gasteiger partial charge in [0.25, 0.3) is 5.89 Å². The van der Waals surface area contributed by atoms with Gasteiger partial charge >= 0.3 is 5.97 Å². The number of ether oxygens (including phenoxy) is 1. The van der Waals surface area contributed by atoms with E-state index in [4.69, 9.17) is 9.26 Å². The number of aliphatic carboxylic acids is 1. The number of benzene rings is 1. The van der Waals surface area contributed by atoms with Crippen molar-refractivity contribution in [3.63, 3.8) is 0 Å². The van der Waals surface area contributed by atoms with E-state index in [0.717, 1.165) is 46.1 Å². The molecule has 0 amide bonds. The van der Waals surface area contributed by atoms with Gasteiger partial charge in [-0.25, -0.2) is 4.98 Å². The summed E-state index contributed by atoms with van der Waals surface area (Å²) in [5, 5.41) is 14.4. The Bertz CT molecular complexity index is 1290. The van der Waals surface area contributed by atoms with Crippen LogP contribution in [0.4, 0.5) is 0 Å². The third-order valence-electron chi connectivity index (χ3n) is 5.75. The lowest BCUT2D eigenvalue weighted by molar-refractivity contribution is -0.137. The standard InChI is InChI=1S/C23H22N4O4/c1-3-30-22-12(2)8-15(11-24-22)23-26-21(27-31-23)14-5-7-18-17(9-14)16-6-4-13(10-19(28)29)20(16)25-18/h5,7-9,11,13,25H,3-4,6,10H2,1-2H3,(H,28,29). The number of nitrogens with zero attached hydrogens (tertiary/aromatic N) is 3. The van der Waals surface area contributed by atoms with Crippen LogP contribution in [0.2, 0.25) is 0 Å². The van der Waals surface area contributed by atoms with Gasteiger partial charge in [0.15, 0.2) is 0 Å². The third kappa shape index (κ3) is 3.43. The molecule has 0 saturated carbocycles. The van der Waals surface area contributed by atoms with E-state index in [2.05, 4.69) is 20.1 Å². The highest BCUT2D eigenvalue weighted by molar-refractivity contribution is 5.89. The maximum absolute atomic E-state index is 11.2. The normalized spacial score (nSPS) is 15.4. The van der Waals surface area contributed by atoms with Gasteiger partial charge in [-0.15, -0.1) is 0 Å². The Morgan fingerprint density at radius 1 is 1.32 bits per heavy atom. The monoisotopic (exact) mass is 418 g/mol. The summed E-state index contributed by atoms with van der Waals surface area (Å²) in [7, 11) is 0. The van der Waals surface area contributed by atoms with Gasteiger partial charge in [0, 0.05) is 39.8 Å². The van der Waals surface area contributed by atoms with Crippen molar-refractivity contribution < 1.29 is 19.2 Å². The Kier molecular flexibility index (Phi) is 4.69. The van der Waals surface area contributed by atoms with Crippen molar-refractivity contribution >= 4 is 16.9 Å². The molecule has 31 heavy (non-hydrogen) atoms. The summed E-state index contributed by atoms with van der Waals surface area (Å²) in [4.78, 5) is 23.5. The summed E-state index contributed by atoms with van der Waals surface area (Å²) in [5.41, 5.74) is 5.72. The molecule has 0 bridgehead atoms.